The summed E-state index contributed by atoms with van der Waals surface area (Å²) in [6.07, 6.45) is 2.06. The summed E-state index contributed by atoms with van der Waals surface area (Å²) in [5.74, 6) is 0.325. The Morgan fingerprint density at radius 3 is 2.80 bits per heavy atom. The van der Waals surface area contributed by atoms with Crippen molar-refractivity contribution in [3.8, 4) is 0 Å². The third-order valence-electron chi connectivity index (χ3n) is 1.65. The van der Waals surface area contributed by atoms with Crippen molar-refractivity contribution in [1.82, 2.24) is 0 Å². The number of halogens is 1. The molecule has 10 heavy (non-hydrogen) atoms. The van der Waals surface area contributed by atoms with Crippen molar-refractivity contribution in [3.63, 3.8) is 0 Å². The highest BCUT2D eigenvalue weighted by atomic mass is 79.9. The van der Waals surface area contributed by atoms with Crippen LogP contribution in [0.5, 0.6) is 0 Å². The van der Waals surface area contributed by atoms with E-state index in [1.54, 1.807) is 0 Å². The maximum absolute atomic E-state index is 7.72. The Hall–Kier alpha value is -0.300. The molecule has 0 spiro atoms. The van der Waals surface area contributed by atoms with E-state index in [1.807, 2.05) is 0 Å². The lowest BCUT2D eigenvalue weighted by molar-refractivity contribution is 1.12. The van der Waals surface area contributed by atoms with Crippen LogP contribution in [0.25, 0.3) is 0 Å². The van der Waals surface area contributed by atoms with Gasteiger partial charge in [-0.25, -0.2) is 0 Å². The van der Waals surface area contributed by atoms with Gasteiger partial charge >= 0.3 is 0 Å². The highest BCUT2D eigenvalue weighted by molar-refractivity contribution is 9.10. The molecular formula is C9H9Br. The van der Waals surface area contributed by atoms with E-state index in [4.69, 9.17) is 5.48 Å². The fourth-order valence-corrected chi connectivity index (χ4v) is 1.48. The monoisotopic (exact) mass is 200 g/mol. The van der Waals surface area contributed by atoms with Crippen LogP contribution in [0, 0.1) is 0 Å². The van der Waals surface area contributed by atoms with Gasteiger partial charge in [0.25, 0.3) is 0 Å². The summed E-state index contributed by atoms with van der Waals surface area (Å²) in [5, 5.41) is 0. The van der Waals surface area contributed by atoms with Gasteiger partial charge in [0, 0.05) is 4.47 Å². The first kappa shape index (κ1) is 3.40. The highest BCUT2D eigenvalue weighted by Gasteiger charge is 2.24. The zero-order valence-corrected chi connectivity index (χ0v) is 6.96. The van der Waals surface area contributed by atoms with Crippen LogP contribution in [0.2, 0.25) is 0 Å². The van der Waals surface area contributed by atoms with Gasteiger partial charge in [-0.05, 0) is 30.4 Å². The molecule has 1 saturated carbocycles. The van der Waals surface area contributed by atoms with E-state index in [0.29, 0.717) is 10.4 Å². The van der Waals surface area contributed by atoms with E-state index in [1.165, 1.54) is 0 Å². The van der Waals surface area contributed by atoms with Gasteiger partial charge in [0.05, 0.1) is 5.48 Å². The first-order chi connectivity index (χ1) is 6.54. The molecule has 1 aliphatic carbocycles. The zero-order chi connectivity index (χ0) is 10.5. The fraction of sp³-hybridized carbons (Fsp3) is 0.333. The highest BCUT2D eigenvalue weighted by Crippen LogP contribution is 2.42. The molecule has 1 fully saturated rings. The van der Waals surface area contributed by atoms with Crippen LogP contribution in [0.1, 0.15) is 29.8 Å². The second-order valence-electron chi connectivity index (χ2n) is 2.50. The Balaban J connectivity index is 2.69. The normalized spacial score (nSPS) is 22.9. The third-order valence-corrected chi connectivity index (χ3v) is 2.28. The summed E-state index contributed by atoms with van der Waals surface area (Å²) in [6.45, 7) is 0. The minimum Gasteiger partial charge on any atom is -0.0619 e. The Labute approximate surface area is 75.0 Å². The number of hydrogen-bond acceptors (Lipinski definition) is 0. The molecule has 1 aliphatic rings. The molecule has 0 heterocycles. The molecular weight excluding hydrogens is 188 g/mol. The van der Waals surface area contributed by atoms with E-state index in [0.717, 1.165) is 18.4 Å². The molecule has 0 atom stereocenters. The molecule has 2 rings (SSSR count). The summed E-state index contributed by atoms with van der Waals surface area (Å²) in [5.41, 5.74) is 0.746. The predicted octanol–water partition coefficient (Wildman–Crippen LogP) is 3.33. The van der Waals surface area contributed by atoms with Crippen molar-refractivity contribution in [2.75, 3.05) is 0 Å². The predicted molar refractivity (Wildman–Crippen MR) is 46.1 cm³/mol. The van der Waals surface area contributed by atoms with Crippen LogP contribution in [0.4, 0.5) is 0 Å². The second-order valence-corrected chi connectivity index (χ2v) is 3.29. The molecule has 0 N–H and O–H groups in total. The Morgan fingerprint density at radius 2 is 2.10 bits per heavy atom. The van der Waals surface area contributed by atoms with Crippen LogP contribution in [0.15, 0.2) is 28.6 Å². The second kappa shape index (κ2) is 2.39. The molecule has 0 radical (unpaired) electrons. The van der Waals surface area contributed by atoms with Crippen LogP contribution >= 0.6 is 15.9 Å². The van der Waals surface area contributed by atoms with Gasteiger partial charge in [0.1, 0.15) is 0 Å². The largest absolute Gasteiger partial charge is 0.0635 e. The van der Waals surface area contributed by atoms with E-state index >= 15 is 0 Å². The number of benzene rings is 1. The minimum absolute atomic E-state index is 0.0351. The van der Waals surface area contributed by atoms with Crippen LogP contribution < -0.4 is 0 Å². The molecule has 0 aromatic heterocycles. The molecule has 0 amide bonds. The standard InChI is InChI=1S/C9H9Br/c10-9-4-2-1-3-8(9)7-5-6-7/h1-4,7H,5-6H2/i1D,2D,3D,4D. The lowest BCUT2D eigenvalue weighted by atomic mass is 10.1. The van der Waals surface area contributed by atoms with Crippen LogP contribution in [-0.4, -0.2) is 0 Å². The molecule has 1 aromatic rings. The topological polar surface area (TPSA) is 0 Å². The first-order valence-corrected chi connectivity index (χ1v) is 4.09. The lowest BCUT2D eigenvalue weighted by Gasteiger charge is -1.98. The van der Waals surface area contributed by atoms with Crippen molar-refractivity contribution >= 4 is 15.9 Å². The van der Waals surface area contributed by atoms with Gasteiger partial charge in [0.2, 0.25) is 0 Å². The molecule has 0 unspecified atom stereocenters. The van der Waals surface area contributed by atoms with Gasteiger partial charge in [-0.2, -0.15) is 0 Å². The van der Waals surface area contributed by atoms with Gasteiger partial charge in [-0.15, -0.1) is 0 Å². The summed E-state index contributed by atoms with van der Waals surface area (Å²) >= 11 is 3.25. The zero-order valence-electron chi connectivity index (χ0n) is 9.37. The van der Waals surface area contributed by atoms with Gasteiger partial charge < -0.3 is 0 Å². The van der Waals surface area contributed by atoms with E-state index in [9.17, 15) is 0 Å². The van der Waals surface area contributed by atoms with E-state index < -0.39 is 0 Å². The molecule has 52 valence electrons. The molecule has 1 aromatic carbocycles. The number of rotatable bonds is 1. The van der Waals surface area contributed by atoms with Gasteiger partial charge in [-0.1, -0.05) is 34.1 Å². The van der Waals surface area contributed by atoms with Crippen LogP contribution in [-0.2, 0) is 0 Å². The summed E-state index contributed by atoms with van der Waals surface area (Å²) < 4.78 is 30.8. The van der Waals surface area contributed by atoms with Gasteiger partial charge in [0.15, 0.2) is 0 Å². The number of hydrogen-bond donors (Lipinski definition) is 0. The van der Waals surface area contributed by atoms with Crippen molar-refractivity contribution in [2.45, 2.75) is 18.8 Å². The fourth-order valence-electron chi connectivity index (χ4n) is 0.960. The molecule has 0 aliphatic heterocycles. The maximum atomic E-state index is 7.72. The Bertz CT molecular complexity index is 369. The average Bonchev–Trinajstić information content (AvgIpc) is 2.96. The van der Waals surface area contributed by atoms with Gasteiger partial charge in [-0.3, -0.25) is 0 Å². The van der Waals surface area contributed by atoms with Crippen molar-refractivity contribution in [3.05, 3.63) is 34.2 Å². The molecule has 0 bridgehead atoms. The van der Waals surface area contributed by atoms with Crippen molar-refractivity contribution in [1.29, 1.82) is 0 Å². The molecule has 0 saturated heterocycles. The minimum atomic E-state index is -0.161. The van der Waals surface area contributed by atoms with E-state index in [2.05, 4.69) is 15.9 Å². The SMILES string of the molecule is [2H]c1c([2H])c([2H])c(C2CC2)c(Br)c1[2H]. The van der Waals surface area contributed by atoms with E-state index in [-0.39, 0.29) is 24.2 Å². The van der Waals surface area contributed by atoms with Crippen molar-refractivity contribution in [2.24, 2.45) is 0 Å². The summed E-state index contributed by atoms with van der Waals surface area (Å²) in [7, 11) is 0. The summed E-state index contributed by atoms with van der Waals surface area (Å²) in [6, 6.07) is -0.139. The van der Waals surface area contributed by atoms with Crippen molar-refractivity contribution < 1.29 is 5.48 Å². The first-order valence-electron chi connectivity index (χ1n) is 5.29. The molecule has 0 nitrogen and oxygen atoms in total. The Kier molecular flexibility index (Phi) is 0.811. The quantitative estimate of drug-likeness (QED) is 0.653. The smallest absolute Gasteiger partial charge is 0.0619 e. The maximum Gasteiger partial charge on any atom is 0.0635 e. The lowest BCUT2D eigenvalue weighted by Crippen LogP contribution is -1.78. The Morgan fingerprint density at radius 1 is 1.40 bits per heavy atom. The van der Waals surface area contributed by atoms with Crippen LogP contribution in [0.3, 0.4) is 0 Å². The summed E-state index contributed by atoms with van der Waals surface area (Å²) in [4.78, 5) is 0. The average molecular weight is 201 g/mol. The molecule has 1 heteroatoms. The third kappa shape index (κ3) is 1.10.